The van der Waals surface area contributed by atoms with E-state index in [0.717, 1.165) is 10.8 Å². The lowest BCUT2D eigenvalue weighted by Gasteiger charge is -2.03. The highest BCUT2D eigenvalue weighted by molar-refractivity contribution is 7.16. The average Bonchev–Trinajstić information content (AvgIpc) is 3.15. The van der Waals surface area contributed by atoms with Gasteiger partial charge in [0.05, 0.1) is 26.3 Å². The fourth-order valence-corrected chi connectivity index (χ4v) is 3.74. The predicted octanol–water partition coefficient (Wildman–Crippen LogP) is 4.27. The molecule has 24 heavy (non-hydrogen) atoms. The lowest BCUT2D eigenvalue weighted by molar-refractivity contribution is -0.402. The van der Waals surface area contributed by atoms with Gasteiger partial charge in [-0.05, 0) is 25.1 Å². The molecular weight excluding hydrogens is 377 g/mol. The second-order valence-electron chi connectivity index (χ2n) is 4.65. The SMILES string of the molecule is CCn1c(=NC(=O)c2ccc([N+](=O)[O-])o2)sc2ccc(Cl)c(Cl)c21. The van der Waals surface area contributed by atoms with Gasteiger partial charge in [-0.25, -0.2) is 0 Å². The molecule has 0 unspecified atom stereocenters. The Kier molecular flexibility index (Phi) is 4.44. The minimum Gasteiger partial charge on any atom is -0.395 e. The Morgan fingerprint density at radius 2 is 2.12 bits per heavy atom. The number of halogens is 2. The highest BCUT2D eigenvalue weighted by atomic mass is 35.5. The standard InChI is InChI=1S/C14H9Cl2N3O4S/c1-2-18-12-9(5-3-7(15)11(12)16)24-14(18)17-13(20)8-4-6-10(23-8)19(21)22/h3-6H,2H2,1H3. The molecule has 7 nitrogen and oxygen atoms in total. The molecule has 2 heterocycles. The lowest BCUT2D eigenvalue weighted by atomic mass is 10.3. The molecule has 0 spiro atoms. The van der Waals surface area contributed by atoms with Crippen molar-refractivity contribution in [3.8, 4) is 0 Å². The van der Waals surface area contributed by atoms with Gasteiger partial charge in [0.25, 0.3) is 0 Å². The van der Waals surface area contributed by atoms with Crippen LogP contribution in [0.15, 0.2) is 33.7 Å². The molecule has 124 valence electrons. The molecule has 3 rings (SSSR count). The highest BCUT2D eigenvalue weighted by Gasteiger charge is 2.18. The summed E-state index contributed by atoms with van der Waals surface area (Å²) in [5.41, 5.74) is 0.689. The smallest absolute Gasteiger partial charge is 0.395 e. The maximum Gasteiger partial charge on any atom is 0.433 e. The van der Waals surface area contributed by atoms with Crippen molar-refractivity contribution in [3.05, 3.63) is 55.0 Å². The summed E-state index contributed by atoms with van der Waals surface area (Å²) in [4.78, 5) is 26.5. The van der Waals surface area contributed by atoms with Gasteiger partial charge >= 0.3 is 11.8 Å². The number of hydrogen-bond donors (Lipinski definition) is 0. The van der Waals surface area contributed by atoms with Crippen LogP contribution in [0.2, 0.25) is 10.0 Å². The van der Waals surface area contributed by atoms with Crippen LogP contribution < -0.4 is 4.80 Å². The first kappa shape index (κ1) is 16.7. The molecule has 1 amide bonds. The monoisotopic (exact) mass is 385 g/mol. The number of aryl methyl sites for hydroxylation is 1. The van der Waals surface area contributed by atoms with Gasteiger partial charge in [0.2, 0.25) is 5.76 Å². The zero-order valence-corrected chi connectivity index (χ0v) is 14.5. The van der Waals surface area contributed by atoms with Crippen molar-refractivity contribution in [2.24, 2.45) is 4.99 Å². The zero-order valence-electron chi connectivity index (χ0n) is 12.2. The maximum atomic E-state index is 12.2. The number of aromatic nitrogens is 1. The predicted molar refractivity (Wildman–Crippen MR) is 90.8 cm³/mol. The topological polar surface area (TPSA) is 90.6 Å². The summed E-state index contributed by atoms with van der Waals surface area (Å²) in [6.07, 6.45) is 0. The number of benzene rings is 1. The molecule has 10 heteroatoms. The number of carbonyl (C=O) groups excluding carboxylic acids is 1. The summed E-state index contributed by atoms with van der Waals surface area (Å²) in [6, 6.07) is 5.79. The minimum absolute atomic E-state index is 0.203. The van der Waals surface area contributed by atoms with Gasteiger partial charge in [-0.2, -0.15) is 4.99 Å². The van der Waals surface area contributed by atoms with E-state index in [2.05, 4.69) is 4.99 Å². The number of amides is 1. The van der Waals surface area contributed by atoms with Crippen LogP contribution in [0.1, 0.15) is 17.5 Å². The second-order valence-corrected chi connectivity index (χ2v) is 6.44. The third kappa shape index (κ3) is 2.83. The van der Waals surface area contributed by atoms with E-state index in [1.165, 1.54) is 17.4 Å². The number of nitro groups is 1. The Bertz CT molecular complexity index is 1030. The Morgan fingerprint density at radius 3 is 2.75 bits per heavy atom. The Balaban J connectivity index is 2.14. The van der Waals surface area contributed by atoms with E-state index >= 15 is 0 Å². The van der Waals surface area contributed by atoms with E-state index in [1.807, 2.05) is 6.92 Å². The molecule has 0 aliphatic carbocycles. The summed E-state index contributed by atoms with van der Waals surface area (Å²) in [6.45, 7) is 2.40. The van der Waals surface area contributed by atoms with Crippen LogP contribution in [0, 0.1) is 10.1 Å². The summed E-state index contributed by atoms with van der Waals surface area (Å²) in [7, 11) is 0. The number of hydrogen-bond acceptors (Lipinski definition) is 5. The van der Waals surface area contributed by atoms with Gasteiger partial charge in [0.15, 0.2) is 4.80 Å². The van der Waals surface area contributed by atoms with E-state index in [9.17, 15) is 14.9 Å². The third-order valence-electron chi connectivity index (χ3n) is 3.23. The van der Waals surface area contributed by atoms with E-state index in [4.69, 9.17) is 27.6 Å². The molecule has 0 bridgehead atoms. The number of thiazole rings is 1. The third-order valence-corrected chi connectivity index (χ3v) is 5.07. The van der Waals surface area contributed by atoms with Crippen LogP contribution in [0.5, 0.6) is 0 Å². The Morgan fingerprint density at radius 1 is 1.38 bits per heavy atom. The van der Waals surface area contributed by atoms with Crippen molar-refractivity contribution < 1.29 is 14.1 Å². The van der Waals surface area contributed by atoms with Crippen LogP contribution in [0.4, 0.5) is 5.88 Å². The first-order valence-corrected chi connectivity index (χ1v) is 8.30. The number of rotatable bonds is 3. The lowest BCUT2D eigenvalue weighted by Crippen LogP contribution is -2.15. The van der Waals surface area contributed by atoms with E-state index < -0.39 is 16.7 Å². The van der Waals surface area contributed by atoms with Gasteiger partial charge in [0, 0.05) is 6.54 Å². The van der Waals surface area contributed by atoms with Crippen molar-refractivity contribution in [1.29, 1.82) is 0 Å². The first-order valence-electron chi connectivity index (χ1n) is 6.73. The Labute approximate surface area is 148 Å². The fourth-order valence-electron chi connectivity index (χ4n) is 2.16. The maximum absolute atomic E-state index is 12.2. The molecule has 0 radical (unpaired) electrons. The average molecular weight is 386 g/mol. The molecule has 0 fully saturated rings. The van der Waals surface area contributed by atoms with Crippen LogP contribution in [-0.2, 0) is 6.54 Å². The summed E-state index contributed by atoms with van der Waals surface area (Å²) in [5, 5.41) is 11.4. The van der Waals surface area contributed by atoms with Gasteiger partial charge in [-0.15, -0.1) is 0 Å². The molecule has 1 aromatic carbocycles. The normalized spacial score (nSPS) is 12.0. The van der Waals surface area contributed by atoms with Crippen molar-refractivity contribution in [1.82, 2.24) is 4.57 Å². The molecule has 0 saturated carbocycles. The Hall–Kier alpha value is -2.16. The highest BCUT2D eigenvalue weighted by Crippen LogP contribution is 2.32. The van der Waals surface area contributed by atoms with Crippen molar-refractivity contribution >= 4 is 56.5 Å². The first-order chi connectivity index (χ1) is 11.4. The van der Waals surface area contributed by atoms with E-state index in [-0.39, 0.29) is 5.76 Å². The second kappa shape index (κ2) is 6.39. The van der Waals surface area contributed by atoms with Gasteiger partial charge in [-0.3, -0.25) is 14.9 Å². The number of fused-ring (bicyclic) bond motifs is 1. The van der Waals surface area contributed by atoms with Crippen molar-refractivity contribution in [2.45, 2.75) is 13.5 Å². The van der Waals surface area contributed by atoms with Gasteiger partial charge in [-0.1, -0.05) is 34.5 Å². The summed E-state index contributed by atoms with van der Waals surface area (Å²) < 4.78 is 7.45. The summed E-state index contributed by atoms with van der Waals surface area (Å²) >= 11 is 13.6. The largest absolute Gasteiger partial charge is 0.433 e. The molecule has 2 aromatic heterocycles. The number of nitrogens with zero attached hydrogens (tertiary/aromatic N) is 3. The molecule has 0 saturated heterocycles. The van der Waals surface area contributed by atoms with E-state index in [0.29, 0.717) is 26.9 Å². The quantitative estimate of drug-likeness (QED) is 0.497. The van der Waals surface area contributed by atoms with Gasteiger partial charge in [0.1, 0.15) is 4.92 Å². The van der Waals surface area contributed by atoms with Crippen LogP contribution in [0.3, 0.4) is 0 Å². The molecule has 0 aliphatic rings. The van der Waals surface area contributed by atoms with Crippen molar-refractivity contribution in [2.75, 3.05) is 0 Å². The fraction of sp³-hybridized carbons (Fsp3) is 0.143. The van der Waals surface area contributed by atoms with Crippen molar-refractivity contribution in [3.63, 3.8) is 0 Å². The molecule has 0 N–H and O–H groups in total. The molecule has 0 atom stereocenters. The molecule has 0 aliphatic heterocycles. The number of furan rings is 1. The summed E-state index contributed by atoms with van der Waals surface area (Å²) in [5.74, 6) is -1.42. The van der Waals surface area contributed by atoms with Crippen LogP contribution >= 0.6 is 34.5 Å². The van der Waals surface area contributed by atoms with Gasteiger partial charge < -0.3 is 8.98 Å². The van der Waals surface area contributed by atoms with Crippen LogP contribution in [0.25, 0.3) is 10.2 Å². The van der Waals surface area contributed by atoms with Crippen LogP contribution in [-0.4, -0.2) is 15.4 Å². The zero-order chi connectivity index (χ0) is 17.4. The molecular formula is C14H9Cl2N3O4S. The number of carbonyl (C=O) groups is 1. The minimum atomic E-state index is -0.718. The molecule has 3 aromatic rings. The van der Waals surface area contributed by atoms with E-state index in [1.54, 1.807) is 16.7 Å².